The molecule has 17 heavy (non-hydrogen) atoms. The van der Waals surface area contributed by atoms with Crippen molar-refractivity contribution in [3.8, 4) is 0 Å². The van der Waals surface area contributed by atoms with Crippen molar-refractivity contribution in [3.05, 3.63) is 35.4 Å². The van der Waals surface area contributed by atoms with Crippen LogP contribution in [0.4, 0.5) is 0 Å². The smallest absolute Gasteiger partial charge is 0.237 e. The molecule has 0 radical (unpaired) electrons. The lowest BCUT2D eigenvalue weighted by Crippen LogP contribution is -2.44. The molecule has 1 aromatic carbocycles. The van der Waals surface area contributed by atoms with E-state index in [1.54, 1.807) is 0 Å². The quantitative estimate of drug-likeness (QED) is 0.813. The van der Waals surface area contributed by atoms with Crippen LogP contribution in [-0.4, -0.2) is 18.5 Å². The number of carbonyl (C=O) groups is 1. The second-order valence-electron chi connectivity index (χ2n) is 4.80. The molecule has 0 saturated carbocycles. The van der Waals surface area contributed by atoms with Gasteiger partial charge in [-0.3, -0.25) is 4.79 Å². The maximum absolute atomic E-state index is 11.6. The Kier molecular flexibility index (Phi) is 5.16. The normalized spacial score (nSPS) is 12.5. The standard InChI is InChI=1S/C14H22N2O/c1-10(2)13(15)14(17)16-9-8-12-6-4-11(3)5-7-12/h4-7,10,13H,8-9,15H2,1-3H3,(H,16,17)/t13-/m1/s1. The van der Waals surface area contributed by atoms with E-state index in [0.29, 0.717) is 6.54 Å². The highest BCUT2D eigenvalue weighted by Crippen LogP contribution is 2.03. The van der Waals surface area contributed by atoms with Gasteiger partial charge in [0.05, 0.1) is 6.04 Å². The van der Waals surface area contributed by atoms with Crippen molar-refractivity contribution in [2.24, 2.45) is 11.7 Å². The number of hydrogen-bond acceptors (Lipinski definition) is 2. The Bertz CT molecular complexity index is 357. The van der Waals surface area contributed by atoms with Gasteiger partial charge in [0.2, 0.25) is 5.91 Å². The van der Waals surface area contributed by atoms with Gasteiger partial charge < -0.3 is 11.1 Å². The molecule has 94 valence electrons. The van der Waals surface area contributed by atoms with Gasteiger partial charge in [-0.1, -0.05) is 43.7 Å². The molecule has 0 fully saturated rings. The summed E-state index contributed by atoms with van der Waals surface area (Å²) < 4.78 is 0. The van der Waals surface area contributed by atoms with Crippen molar-refractivity contribution in [3.63, 3.8) is 0 Å². The Morgan fingerprint density at radius 3 is 2.41 bits per heavy atom. The van der Waals surface area contributed by atoms with E-state index in [0.717, 1.165) is 6.42 Å². The number of rotatable bonds is 5. The van der Waals surface area contributed by atoms with Crippen molar-refractivity contribution < 1.29 is 4.79 Å². The van der Waals surface area contributed by atoms with Gasteiger partial charge in [0.25, 0.3) is 0 Å². The second kappa shape index (κ2) is 6.40. The minimum Gasteiger partial charge on any atom is -0.354 e. The van der Waals surface area contributed by atoms with E-state index in [4.69, 9.17) is 5.73 Å². The molecule has 0 aromatic heterocycles. The molecule has 0 aliphatic rings. The zero-order valence-corrected chi connectivity index (χ0v) is 10.9. The molecule has 0 spiro atoms. The topological polar surface area (TPSA) is 55.1 Å². The highest BCUT2D eigenvalue weighted by Gasteiger charge is 2.15. The van der Waals surface area contributed by atoms with Crippen molar-refractivity contribution in [1.29, 1.82) is 0 Å². The van der Waals surface area contributed by atoms with E-state index in [-0.39, 0.29) is 11.8 Å². The summed E-state index contributed by atoms with van der Waals surface area (Å²) in [6.07, 6.45) is 0.844. The highest BCUT2D eigenvalue weighted by molar-refractivity contribution is 5.81. The van der Waals surface area contributed by atoms with E-state index in [9.17, 15) is 4.79 Å². The monoisotopic (exact) mass is 234 g/mol. The third-order valence-corrected chi connectivity index (χ3v) is 2.85. The summed E-state index contributed by atoms with van der Waals surface area (Å²) in [4.78, 5) is 11.6. The fraction of sp³-hybridized carbons (Fsp3) is 0.500. The number of carbonyl (C=O) groups excluding carboxylic acids is 1. The molecule has 0 aliphatic carbocycles. The van der Waals surface area contributed by atoms with Crippen LogP contribution in [0.5, 0.6) is 0 Å². The molecule has 1 rings (SSSR count). The Hall–Kier alpha value is -1.35. The van der Waals surface area contributed by atoms with Gasteiger partial charge in [0.1, 0.15) is 0 Å². The molecule has 3 N–H and O–H groups in total. The summed E-state index contributed by atoms with van der Waals surface area (Å²) in [5.41, 5.74) is 8.23. The number of amides is 1. The van der Waals surface area contributed by atoms with Crippen LogP contribution in [0, 0.1) is 12.8 Å². The van der Waals surface area contributed by atoms with Gasteiger partial charge in [-0.05, 0) is 24.8 Å². The first-order valence-electron chi connectivity index (χ1n) is 6.09. The summed E-state index contributed by atoms with van der Waals surface area (Å²) in [5.74, 6) is 0.112. The minimum atomic E-state index is -0.409. The first-order valence-corrected chi connectivity index (χ1v) is 6.09. The van der Waals surface area contributed by atoms with E-state index in [1.165, 1.54) is 11.1 Å². The average molecular weight is 234 g/mol. The van der Waals surface area contributed by atoms with Crippen LogP contribution in [0.15, 0.2) is 24.3 Å². The fourth-order valence-corrected chi connectivity index (χ4v) is 1.51. The molecule has 1 amide bonds. The first-order chi connectivity index (χ1) is 8.00. The molecule has 0 bridgehead atoms. The third kappa shape index (κ3) is 4.57. The average Bonchev–Trinajstić information content (AvgIpc) is 2.30. The lowest BCUT2D eigenvalue weighted by Gasteiger charge is -2.15. The summed E-state index contributed by atoms with van der Waals surface area (Å²) in [6, 6.07) is 7.93. The molecular weight excluding hydrogens is 212 g/mol. The Morgan fingerprint density at radius 1 is 1.29 bits per heavy atom. The summed E-state index contributed by atoms with van der Waals surface area (Å²) in [7, 11) is 0. The third-order valence-electron chi connectivity index (χ3n) is 2.85. The van der Waals surface area contributed by atoms with Crippen molar-refractivity contribution in [2.45, 2.75) is 33.2 Å². The SMILES string of the molecule is Cc1ccc(CCNC(=O)[C@H](N)C(C)C)cc1. The first kappa shape index (κ1) is 13.7. The number of benzene rings is 1. The molecule has 0 saturated heterocycles. The van der Waals surface area contributed by atoms with Gasteiger partial charge in [0.15, 0.2) is 0 Å². The van der Waals surface area contributed by atoms with Crippen LogP contribution < -0.4 is 11.1 Å². The van der Waals surface area contributed by atoms with Crippen LogP contribution in [-0.2, 0) is 11.2 Å². The molecule has 0 heterocycles. The lowest BCUT2D eigenvalue weighted by atomic mass is 10.0. The number of nitrogens with one attached hydrogen (secondary N) is 1. The van der Waals surface area contributed by atoms with E-state index in [2.05, 4.69) is 36.5 Å². The maximum Gasteiger partial charge on any atom is 0.237 e. The largest absolute Gasteiger partial charge is 0.354 e. The van der Waals surface area contributed by atoms with Gasteiger partial charge in [-0.2, -0.15) is 0 Å². The maximum atomic E-state index is 11.6. The Morgan fingerprint density at radius 2 is 1.88 bits per heavy atom. The van der Waals surface area contributed by atoms with Crippen LogP contribution in [0.3, 0.4) is 0 Å². The zero-order valence-electron chi connectivity index (χ0n) is 10.9. The van der Waals surface area contributed by atoms with Crippen LogP contribution >= 0.6 is 0 Å². The van der Waals surface area contributed by atoms with Gasteiger partial charge in [-0.25, -0.2) is 0 Å². The molecule has 1 aromatic rings. The number of hydrogen-bond donors (Lipinski definition) is 2. The molecule has 0 unspecified atom stereocenters. The molecule has 3 nitrogen and oxygen atoms in total. The van der Waals surface area contributed by atoms with Crippen LogP contribution in [0.25, 0.3) is 0 Å². The Labute approximate surface area is 103 Å². The Balaban J connectivity index is 2.33. The predicted molar refractivity (Wildman–Crippen MR) is 70.7 cm³/mol. The van der Waals surface area contributed by atoms with Crippen molar-refractivity contribution >= 4 is 5.91 Å². The summed E-state index contributed by atoms with van der Waals surface area (Å²) >= 11 is 0. The fourth-order valence-electron chi connectivity index (χ4n) is 1.51. The molecular formula is C14H22N2O. The van der Waals surface area contributed by atoms with Crippen molar-refractivity contribution in [2.75, 3.05) is 6.54 Å². The number of aryl methyl sites for hydroxylation is 1. The lowest BCUT2D eigenvalue weighted by molar-refractivity contribution is -0.123. The molecule has 0 aliphatic heterocycles. The summed E-state index contributed by atoms with van der Waals surface area (Å²) in [6.45, 7) is 6.60. The predicted octanol–water partition coefficient (Wildman–Crippen LogP) is 1.64. The van der Waals surface area contributed by atoms with Crippen LogP contribution in [0.1, 0.15) is 25.0 Å². The van der Waals surface area contributed by atoms with Gasteiger partial charge in [0, 0.05) is 6.54 Å². The summed E-state index contributed by atoms with van der Waals surface area (Å²) in [5, 5.41) is 2.86. The minimum absolute atomic E-state index is 0.0629. The second-order valence-corrected chi connectivity index (χ2v) is 4.80. The zero-order chi connectivity index (χ0) is 12.8. The van der Waals surface area contributed by atoms with Gasteiger partial charge in [-0.15, -0.1) is 0 Å². The molecule has 3 heteroatoms. The van der Waals surface area contributed by atoms with Crippen LogP contribution in [0.2, 0.25) is 0 Å². The van der Waals surface area contributed by atoms with Crippen molar-refractivity contribution in [1.82, 2.24) is 5.32 Å². The number of nitrogens with two attached hydrogens (primary N) is 1. The highest BCUT2D eigenvalue weighted by atomic mass is 16.2. The molecule has 1 atom stereocenters. The van der Waals surface area contributed by atoms with E-state index in [1.807, 2.05) is 13.8 Å². The van der Waals surface area contributed by atoms with Gasteiger partial charge >= 0.3 is 0 Å². The van der Waals surface area contributed by atoms with E-state index < -0.39 is 6.04 Å². The van der Waals surface area contributed by atoms with E-state index >= 15 is 0 Å².